The van der Waals surface area contributed by atoms with E-state index in [-0.39, 0.29) is 28.3 Å². The molecule has 0 aliphatic carbocycles. The molecule has 4 rings (SSSR count). The van der Waals surface area contributed by atoms with Gasteiger partial charge in [0.1, 0.15) is 5.75 Å². The number of amides is 1. The number of nitrogens with one attached hydrogen (secondary N) is 1. The molecule has 3 aromatic carbocycles. The lowest BCUT2D eigenvalue weighted by Gasteiger charge is -2.13. The Labute approximate surface area is 190 Å². The first kappa shape index (κ1) is 21.8. The molecule has 0 radical (unpaired) electrons. The maximum Gasteiger partial charge on any atom is 0.255 e. The van der Waals surface area contributed by atoms with E-state index in [1.165, 1.54) is 35.0 Å². The minimum atomic E-state index is -0.424. The highest BCUT2D eigenvalue weighted by Crippen LogP contribution is 2.20. The second-order valence-corrected chi connectivity index (χ2v) is 7.48. The highest BCUT2D eigenvalue weighted by Gasteiger charge is 2.17. The van der Waals surface area contributed by atoms with Gasteiger partial charge in [-0.2, -0.15) is 0 Å². The lowest BCUT2D eigenvalue weighted by molar-refractivity contribution is 0.0953. The van der Waals surface area contributed by atoms with Crippen molar-refractivity contribution in [2.75, 3.05) is 6.54 Å². The number of hydrogen-bond acceptors (Lipinski definition) is 4. The summed E-state index contributed by atoms with van der Waals surface area (Å²) in [6.07, 6.45) is 2.08. The summed E-state index contributed by atoms with van der Waals surface area (Å²) in [7, 11) is 0. The van der Waals surface area contributed by atoms with Gasteiger partial charge in [-0.1, -0.05) is 54.6 Å². The molecule has 0 saturated heterocycles. The fraction of sp³-hybridized carbons (Fsp3) is 0.0741. The van der Waals surface area contributed by atoms with Gasteiger partial charge in [0.25, 0.3) is 11.5 Å². The summed E-state index contributed by atoms with van der Waals surface area (Å²) in [6.45, 7) is 0.442. The monoisotopic (exact) mass is 438 g/mol. The number of nitrogens with zero attached hydrogens (tertiary/aromatic N) is 1. The number of aromatic hydroxyl groups is 1. The van der Waals surface area contributed by atoms with Crippen LogP contribution in [-0.4, -0.2) is 27.9 Å². The Hall–Kier alpha value is -4.45. The number of pyridine rings is 1. The Balaban J connectivity index is 1.61. The largest absolute Gasteiger partial charge is 0.507 e. The number of carbonyl (C=O) groups is 2. The van der Waals surface area contributed by atoms with Gasteiger partial charge in [0, 0.05) is 24.4 Å². The van der Waals surface area contributed by atoms with Crippen LogP contribution in [0.2, 0.25) is 0 Å². The first-order valence-corrected chi connectivity index (χ1v) is 10.5. The van der Waals surface area contributed by atoms with Crippen molar-refractivity contribution in [1.82, 2.24) is 9.88 Å². The van der Waals surface area contributed by atoms with Crippen molar-refractivity contribution >= 4 is 11.7 Å². The molecule has 0 aliphatic rings. The van der Waals surface area contributed by atoms with Crippen molar-refractivity contribution in [3.8, 4) is 11.4 Å². The smallest absolute Gasteiger partial charge is 0.255 e. The van der Waals surface area contributed by atoms with Crippen LogP contribution in [-0.2, 0) is 6.42 Å². The molecule has 0 unspecified atom stereocenters. The summed E-state index contributed by atoms with van der Waals surface area (Å²) in [5.74, 6) is -0.879. The average Bonchev–Trinajstić information content (AvgIpc) is 2.85. The fourth-order valence-corrected chi connectivity index (χ4v) is 3.57. The molecule has 33 heavy (non-hydrogen) atoms. The third kappa shape index (κ3) is 4.91. The number of carbonyl (C=O) groups excluding carboxylic acids is 2. The average molecular weight is 438 g/mol. The number of para-hydroxylation sites is 2. The van der Waals surface area contributed by atoms with Gasteiger partial charge in [-0.3, -0.25) is 19.0 Å². The van der Waals surface area contributed by atoms with Gasteiger partial charge in [0.2, 0.25) is 0 Å². The van der Waals surface area contributed by atoms with Gasteiger partial charge < -0.3 is 10.4 Å². The number of benzene rings is 3. The van der Waals surface area contributed by atoms with Crippen LogP contribution in [0.4, 0.5) is 0 Å². The number of rotatable bonds is 7. The van der Waals surface area contributed by atoms with E-state index < -0.39 is 5.78 Å². The molecule has 0 saturated carbocycles. The quantitative estimate of drug-likeness (QED) is 0.430. The molecule has 0 atom stereocenters. The summed E-state index contributed by atoms with van der Waals surface area (Å²) in [5, 5.41) is 12.9. The van der Waals surface area contributed by atoms with Crippen LogP contribution in [0.15, 0.2) is 102 Å². The molecular formula is C27H22N2O4. The Morgan fingerprint density at radius 2 is 1.45 bits per heavy atom. The van der Waals surface area contributed by atoms with Crippen LogP contribution in [0, 0.1) is 0 Å². The maximum absolute atomic E-state index is 12.9. The maximum atomic E-state index is 12.9. The minimum absolute atomic E-state index is 0.134. The van der Waals surface area contributed by atoms with Gasteiger partial charge in [-0.25, -0.2) is 0 Å². The van der Waals surface area contributed by atoms with Crippen LogP contribution in [0.5, 0.6) is 5.75 Å². The predicted molar refractivity (Wildman–Crippen MR) is 126 cm³/mol. The van der Waals surface area contributed by atoms with Gasteiger partial charge in [0.15, 0.2) is 5.78 Å². The summed E-state index contributed by atoms with van der Waals surface area (Å²) in [5.41, 5.74) is 1.77. The lowest BCUT2D eigenvalue weighted by Crippen LogP contribution is -2.28. The van der Waals surface area contributed by atoms with Crippen molar-refractivity contribution in [2.24, 2.45) is 0 Å². The predicted octanol–water partition coefficient (Wildman–Crippen LogP) is 3.75. The Bertz CT molecular complexity index is 1360. The summed E-state index contributed by atoms with van der Waals surface area (Å²) in [6, 6.07) is 25.5. The van der Waals surface area contributed by atoms with Gasteiger partial charge in [0.05, 0.1) is 16.8 Å². The van der Waals surface area contributed by atoms with Gasteiger partial charge in [-0.05, 0) is 42.3 Å². The highest BCUT2D eigenvalue weighted by molar-refractivity contribution is 6.10. The van der Waals surface area contributed by atoms with E-state index in [4.69, 9.17) is 0 Å². The Kier molecular flexibility index (Phi) is 6.45. The van der Waals surface area contributed by atoms with Crippen molar-refractivity contribution in [3.63, 3.8) is 0 Å². The number of phenols is 1. The van der Waals surface area contributed by atoms with Crippen LogP contribution in [0.25, 0.3) is 5.69 Å². The van der Waals surface area contributed by atoms with E-state index in [9.17, 15) is 19.5 Å². The molecule has 164 valence electrons. The topological polar surface area (TPSA) is 88.4 Å². The normalized spacial score (nSPS) is 10.5. The molecule has 2 N–H and O–H groups in total. The van der Waals surface area contributed by atoms with Crippen LogP contribution in [0.1, 0.15) is 31.8 Å². The van der Waals surface area contributed by atoms with Crippen LogP contribution < -0.4 is 10.9 Å². The van der Waals surface area contributed by atoms with Gasteiger partial charge in [-0.15, -0.1) is 0 Å². The van der Waals surface area contributed by atoms with Crippen molar-refractivity contribution in [2.45, 2.75) is 6.42 Å². The molecular weight excluding hydrogens is 416 g/mol. The molecule has 6 nitrogen and oxygen atoms in total. The summed E-state index contributed by atoms with van der Waals surface area (Å²) < 4.78 is 1.28. The third-order valence-corrected chi connectivity index (χ3v) is 5.27. The van der Waals surface area contributed by atoms with E-state index in [0.717, 1.165) is 5.56 Å². The Morgan fingerprint density at radius 1 is 0.788 bits per heavy atom. The third-order valence-electron chi connectivity index (χ3n) is 5.27. The standard InChI is InChI=1S/C27H22N2O4/c30-24-13-7-5-11-22(24)26(32)20-14-15-25(31)29(18-20)23-12-6-4-10-21(23)27(33)28-17-16-19-8-2-1-3-9-19/h1-15,18,30H,16-17H2,(H,28,33). The number of aromatic nitrogens is 1. The minimum Gasteiger partial charge on any atom is -0.507 e. The van der Waals surface area contributed by atoms with Crippen molar-refractivity contribution in [1.29, 1.82) is 0 Å². The van der Waals surface area contributed by atoms with E-state index in [2.05, 4.69) is 5.32 Å². The molecule has 0 bridgehead atoms. The molecule has 0 fully saturated rings. The van der Waals surface area contributed by atoms with Gasteiger partial charge >= 0.3 is 0 Å². The summed E-state index contributed by atoms with van der Waals surface area (Å²) in [4.78, 5) is 38.4. The zero-order valence-electron chi connectivity index (χ0n) is 17.8. The van der Waals surface area contributed by atoms with Crippen LogP contribution in [0.3, 0.4) is 0 Å². The van der Waals surface area contributed by atoms with E-state index >= 15 is 0 Å². The van der Waals surface area contributed by atoms with Crippen LogP contribution >= 0.6 is 0 Å². The SMILES string of the molecule is O=C(c1ccc(=O)n(-c2ccccc2C(=O)NCCc2ccccc2)c1)c1ccccc1O. The fourth-order valence-electron chi connectivity index (χ4n) is 3.57. The molecule has 1 aromatic heterocycles. The first-order chi connectivity index (χ1) is 16.0. The number of phenolic OH excluding ortho intramolecular Hbond substituents is 1. The van der Waals surface area contributed by atoms with E-state index in [1.54, 1.807) is 36.4 Å². The van der Waals surface area contributed by atoms with E-state index in [1.807, 2.05) is 30.3 Å². The lowest BCUT2D eigenvalue weighted by atomic mass is 10.0. The van der Waals surface area contributed by atoms with Crippen molar-refractivity contribution in [3.05, 3.63) is 130 Å². The molecule has 4 aromatic rings. The second kappa shape index (κ2) is 9.78. The Morgan fingerprint density at radius 3 is 2.21 bits per heavy atom. The van der Waals surface area contributed by atoms with E-state index in [0.29, 0.717) is 24.2 Å². The zero-order chi connectivity index (χ0) is 23.2. The molecule has 0 spiro atoms. The van der Waals surface area contributed by atoms with Crippen molar-refractivity contribution < 1.29 is 14.7 Å². The summed E-state index contributed by atoms with van der Waals surface area (Å²) >= 11 is 0. The molecule has 1 amide bonds. The number of ketones is 1. The molecule has 0 aliphatic heterocycles. The zero-order valence-corrected chi connectivity index (χ0v) is 17.8. The second-order valence-electron chi connectivity index (χ2n) is 7.48. The molecule has 6 heteroatoms. The molecule has 1 heterocycles. The first-order valence-electron chi connectivity index (χ1n) is 10.5. The highest BCUT2D eigenvalue weighted by atomic mass is 16.3. The number of hydrogen-bond donors (Lipinski definition) is 2.